The van der Waals surface area contributed by atoms with Crippen LogP contribution in [0.5, 0.6) is 5.75 Å². The summed E-state index contributed by atoms with van der Waals surface area (Å²) in [4.78, 5) is 12.3. The zero-order valence-electron chi connectivity index (χ0n) is 20.0. The highest BCUT2D eigenvalue weighted by atomic mass is 16.7. The van der Waals surface area contributed by atoms with E-state index in [4.69, 9.17) is 18.9 Å². The number of methoxy groups -OCH3 is 1. The van der Waals surface area contributed by atoms with Crippen molar-refractivity contribution in [2.45, 2.75) is 103 Å². The highest BCUT2D eigenvalue weighted by molar-refractivity contribution is 5.77. The van der Waals surface area contributed by atoms with Crippen molar-refractivity contribution in [1.82, 2.24) is 0 Å². The molecule has 1 heterocycles. The molecule has 0 spiro atoms. The highest BCUT2D eigenvalue weighted by Gasteiger charge is 2.35. The van der Waals surface area contributed by atoms with Crippen LogP contribution in [0.2, 0.25) is 0 Å². The Balaban J connectivity index is 1.95. The zero-order chi connectivity index (χ0) is 22.5. The monoisotopic (exact) mass is 434 g/mol. The Bertz CT molecular complexity index is 651. The molecule has 1 atom stereocenters. The fourth-order valence-corrected chi connectivity index (χ4v) is 3.89. The smallest absolute Gasteiger partial charge is 0.340 e. The third-order valence-corrected chi connectivity index (χ3v) is 6.04. The first-order chi connectivity index (χ1) is 15.0. The minimum atomic E-state index is -0.904. The van der Waals surface area contributed by atoms with Gasteiger partial charge in [0.05, 0.1) is 18.8 Å². The predicted molar refractivity (Wildman–Crippen MR) is 123 cm³/mol. The van der Waals surface area contributed by atoms with Gasteiger partial charge in [-0.1, -0.05) is 64.4 Å². The van der Waals surface area contributed by atoms with Gasteiger partial charge in [0, 0.05) is 7.11 Å². The fourth-order valence-electron chi connectivity index (χ4n) is 3.89. The van der Waals surface area contributed by atoms with Gasteiger partial charge in [-0.3, -0.25) is 0 Å². The molecule has 1 aliphatic rings. The van der Waals surface area contributed by atoms with Crippen molar-refractivity contribution in [1.29, 1.82) is 0 Å². The van der Waals surface area contributed by atoms with Gasteiger partial charge in [0.25, 0.3) is 0 Å². The summed E-state index contributed by atoms with van der Waals surface area (Å²) in [7, 11) is 1.50. The van der Waals surface area contributed by atoms with E-state index in [1.54, 1.807) is 6.92 Å². The molecule has 1 aromatic carbocycles. The Kier molecular flexibility index (Phi) is 11.6. The quantitative estimate of drug-likeness (QED) is 0.195. The van der Waals surface area contributed by atoms with Gasteiger partial charge in [0.1, 0.15) is 5.75 Å². The zero-order valence-corrected chi connectivity index (χ0v) is 20.0. The molecular formula is C26H42O5. The Morgan fingerprint density at radius 1 is 1.03 bits per heavy atom. The second-order valence-electron chi connectivity index (χ2n) is 8.70. The van der Waals surface area contributed by atoms with E-state index in [-0.39, 0.29) is 0 Å². The van der Waals surface area contributed by atoms with Crippen molar-refractivity contribution in [3.8, 4) is 5.75 Å². The predicted octanol–water partition coefficient (Wildman–Crippen LogP) is 6.31. The van der Waals surface area contributed by atoms with Crippen molar-refractivity contribution in [2.24, 2.45) is 0 Å². The minimum absolute atomic E-state index is 0.421. The van der Waals surface area contributed by atoms with Gasteiger partial charge in [-0.15, -0.1) is 0 Å². The second kappa shape index (κ2) is 13.9. The molecular weight excluding hydrogens is 392 g/mol. The molecule has 5 heteroatoms. The van der Waals surface area contributed by atoms with Crippen LogP contribution in [0, 0.1) is 0 Å². The van der Waals surface area contributed by atoms with Crippen LogP contribution in [-0.2, 0) is 31.2 Å². The SMILES string of the molecule is CCCCCCCCCCCc1ccc(OC(=O)C(C)OC)c(C2(C)OCCCO2)c1. The molecule has 0 radical (unpaired) electrons. The van der Waals surface area contributed by atoms with Gasteiger partial charge >= 0.3 is 5.97 Å². The van der Waals surface area contributed by atoms with Crippen LogP contribution in [0.1, 0.15) is 96.1 Å². The Morgan fingerprint density at radius 3 is 2.26 bits per heavy atom. The molecule has 176 valence electrons. The number of carbonyl (C=O) groups excluding carboxylic acids is 1. The fraction of sp³-hybridized carbons (Fsp3) is 0.731. The highest BCUT2D eigenvalue weighted by Crippen LogP contribution is 2.37. The van der Waals surface area contributed by atoms with Gasteiger partial charge in [-0.25, -0.2) is 4.79 Å². The first kappa shape index (κ1) is 25.8. The number of aryl methyl sites for hydroxylation is 1. The van der Waals surface area contributed by atoms with Gasteiger partial charge < -0.3 is 18.9 Å². The maximum atomic E-state index is 12.3. The molecule has 0 N–H and O–H groups in total. The molecule has 0 bridgehead atoms. The molecule has 0 saturated carbocycles. The summed E-state index contributed by atoms with van der Waals surface area (Å²) in [6.07, 6.45) is 13.1. The van der Waals surface area contributed by atoms with Crippen LogP contribution in [0.25, 0.3) is 0 Å². The number of unbranched alkanes of at least 4 members (excludes halogenated alkanes) is 8. The van der Waals surface area contributed by atoms with Crippen LogP contribution >= 0.6 is 0 Å². The first-order valence-corrected chi connectivity index (χ1v) is 12.2. The molecule has 1 unspecified atom stereocenters. The summed E-state index contributed by atoms with van der Waals surface area (Å²) >= 11 is 0. The topological polar surface area (TPSA) is 54.0 Å². The standard InChI is InChI=1S/C26H42O5/c1-5-6-7-8-9-10-11-12-13-15-22-16-17-24(31-25(27)21(2)28-4)23(20-22)26(3)29-18-14-19-30-26/h16-17,20-21H,5-15,18-19H2,1-4H3. The van der Waals surface area contributed by atoms with E-state index in [0.29, 0.717) is 19.0 Å². The molecule has 1 fully saturated rings. The van der Waals surface area contributed by atoms with Crippen LogP contribution in [-0.4, -0.2) is 32.4 Å². The van der Waals surface area contributed by atoms with Crippen LogP contribution in [0.4, 0.5) is 0 Å². The van der Waals surface area contributed by atoms with Crippen LogP contribution in [0.15, 0.2) is 18.2 Å². The van der Waals surface area contributed by atoms with Crippen molar-refractivity contribution in [2.75, 3.05) is 20.3 Å². The molecule has 1 aromatic rings. The van der Waals surface area contributed by atoms with E-state index in [1.165, 1.54) is 64.0 Å². The largest absolute Gasteiger partial charge is 0.424 e. The number of hydrogen-bond donors (Lipinski definition) is 0. The summed E-state index contributed by atoms with van der Waals surface area (Å²) < 4.78 is 22.7. The number of hydrogen-bond acceptors (Lipinski definition) is 5. The van der Waals surface area contributed by atoms with E-state index in [1.807, 2.05) is 19.1 Å². The van der Waals surface area contributed by atoms with Crippen molar-refractivity contribution >= 4 is 5.97 Å². The average Bonchev–Trinajstić information content (AvgIpc) is 2.78. The van der Waals surface area contributed by atoms with E-state index < -0.39 is 17.9 Å². The van der Waals surface area contributed by atoms with Gasteiger partial charge in [-0.05, 0) is 50.8 Å². The normalized spacial score (nSPS) is 16.8. The molecule has 0 aromatic heterocycles. The maximum Gasteiger partial charge on any atom is 0.340 e. The Morgan fingerprint density at radius 2 is 1.65 bits per heavy atom. The molecule has 1 saturated heterocycles. The summed E-state index contributed by atoms with van der Waals surface area (Å²) in [5, 5.41) is 0. The lowest BCUT2D eigenvalue weighted by atomic mass is 9.98. The van der Waals surface area contributed by atoms with Crippen molar-refractivity contribution < 1.29 is 23.7 Å². The number of rotatable bonds is 14. The summed E-state index contributed by atoms with van der Waals surface area (Å²) in [6.45, 7) is 7.09. The lowest BCUT2D eigenvalue weighted by Gasteiger charge is -2.35. The molecule has 0 amide bonds. The average molecular weight is 435 g/mol. The number of benzene rings is 1. The molecule has 2 rings (SSSR count). The number of ether oxygens (including phenoxy) is 4. The number of esters is 1. The lowest BCUT2D eigenvalue weighted by Crippen LogP contribution is -2.36. The lowest BCUT2D eigenvalue weighted by molar-refractivity contribution is -0.265. The van der Waals surface area contributed by atoms with Crippen LogP contribution in [0.3, 0.4) is 0 Å². The Hall–Kier alpha value is -1.43. The van der Waals surface area contributed by atoms with Crippen molar-refractivity contribution in [3.05, 3.63) is 29.3 Å². The van der Waals surface area contributed by atoms with E-state index >= 15 is 0 Å². The van der Waals surface area contributed by atoms with Gasteiger partial charge in [0.15, 0.2) is 11.9 Å². The van der Waals surface area contributed by atoms with E-state index in [0.717, 1.165) is 24.8 Å². The summed E-state index contributed by atoms with van der Waals surface area (Å²) in [5.41, 5.74) is 1.99. The van der Waals surface area contributed by atoms with Gasteiger partial charge in [0.2, 0.25) is 0 Å². The second-order valence-corrected chi connectivity index (χ2v) is 8.70. The molecule has 5 nitrogen and oxygen atoms in total. The van der Waals surface area contributed by atoms with Crippen LogP contribution < -0.4 is 4.74 Å². The first-order valence-electron chi connectivity index (χ1n) is 12.2. The van der Waals surface area contributed by atoms with Crippen molar-refractivity contribution in [3.63, 3.8) is 0 Å². The Labute approximate surface area is 188 Å². The molecule has 1 aliphatic heterocycles. The van der Waals surface area contributed by atoms with E-state index in [2.05, 4.69) is 13.0 Å². The third kappa shape index (κ3) is 8.55. The number of carbonyl (C=O) groups is 1. The molecule has 0 aliphatic carbocycles. The van der Waals surface area contributed by atoms with E-state index in [9.17, 15) is 4.79 Å². The summed E-state index contributed by atoms with van der Waals surface area (Å²) in [6, 6.07) is 5.99. The molecule has 31 heavy (non-hydrogen) atoms. The third-order valence-electron chi connectivity index (χ3n) is 6.04. The maximum absolute atomic E-state index is 12.3. The van der Waals surface area contributed by atoms with Gasteiger partial charge in [-0.2, -0.15) is 0 Å². The minimum Gasteiger partial charge on any atom is -0.424 e. The summed E-state index contributed by atoms with van der Waals surface area (Å²) in [5.74, 6) is -0.845.